The first-order chi connectivity index (χ1) is 11.9. The number of anilines is 1. The van der Waals surface area contributed by atoms with Crippen LogP contribution in [-0.4, -0.2) is 33.0 Å². The quantitative estimate of drug-likeness (QED) is 0.557. The number of aromatic nitrogens is 2. The van der Waals surface area contributed by atoms with Crippen molar-refractivity contribution < 1.29 is 14.7 Å². The maximum atomic E-state index is 12.4. The van der Waals surface area contributed by atoms with Crippen LogP contribution in [0.1, 0.15) is 15.9 Å². The van der Waals surface area contributed by atoms with E-state index >= 15 is 0 Å². The molecule has 3 aromatic rings. The predicted octanol–water partition coefficient (Wildman–Crippen LogP) is 2.22. The van der Waals surface area contributed by atoms with Gasteiger partial charge in [-0.05, 0) is 35.9 Å². The maximum Gasteiger partial charge on any atom is 0.326 e. The minimum Gasteiger partial charge on any atom is -0.480 e. The van der Waals surface area contributed by atoms with E-state index in [-0.39, 0.29) is 12.4 Å². The minimum atomic E-state index is -1.12. The lowest BCUT2D eigenvalue weighted by atomic mass is 10.1. The van der Waals surface area contributed by atoms with Crippen molar-refractivity contribution in [2.45, 2.75) is 12.5 Å². The number of aromatic amines is 1. The SMILES string of the molecule is Nc1nc2ccc(C(=O)N[C@@H](Cc3ccc(Cl)cc3)C(=O)O)cc2[nH]1. The number of carbonyl (C=O) groups is 2. The fraction of sp³-hybridized carbons (Fsp3) is 0.118. The van der Waals surface area contributed by atoms with Crippen LogP contribution in [0, 0.1) is 0 Å². The highest BCUT2D eigenvalue weighted by Gasteiger charge is 2.21. The molecule has 0 aliphatic heterocycles. The van der Waals surface area contributed by atoms with Gasteiger partial charge in [0.1, 0.15) is 6.04 Å². The van der Waals surface area contributed by atoms with Gasteiger partial charge in [0.25, 0.3) is 5.91 Å². The zero-order valence-electron chi connectivity index (χ0n) is 13.0. The van der Waals surface area contributed by atoms with Crippen LogP contribution in [-0.2, 0) is 11.2 Å². The fourth-order valence-corrected chi connectivity index (χ4v) is 2.59. The number of nitrogens with two attached hydrogens (primary N) is 1. The highest BCUT2D eigenvalue weighted by Crippen LogP contribution is 2.15. The highest BCUT2D eigenvalue weighted by atomic mass is 35.5. The molecule has 7 nitrogen and oxygen atoms in total. The molecular formula is C17H15ClN4O3. The van der Waals surface area contributed by atoms with Gasteiger partial charge in [-0.3, -0.25) is 4.79 Å². The summed E-state index contributed by atoms with van der Waals surface area (Å²) in [4.78, 5) is 30.8. The number of carboxylic acids is 1. The van der Waals surface area contributed by atoms with Crippen molar-refractivity contribution in [1.82, 2.24) is 15.3 Å². The van der Waals surface area contributed by atoms with Crippen molar-refractivity contribution >= 4 is 40.5 Å². The summed E-state index contributed by atoms with van der Waals surface area (Å²) in [7, 11) is 0. The van der Waals surface area contributed by atoms with Crippen LogP contribution in [0.3, 0.4) is 0 Å². The Morgan fingerprint density at radius 3 is 2.64 bits per heavy atom. The molecule has 2 aromatic carbocycles. The molecule has 0 aliphatic carbocycles. The third kappa shape index (κ3) is 3.89. The van der Waals surface area contributed by atoms with Gasteiger partial charge in [0, 0.05) is 17.0 Å². The number of fused-ring (bicyclic) bond motifs is 1. The Morgan fingerprint density at radius 1 is 1.24 bits per heavy atom. The first-order valence-electron chi connectivity index (χ1n) is 7.46. The van der Waals surface area contributed by atoms with Crippen molar-refractivity contribution in [3.63, 3.8) is 0 Å². The predicted molar refractivity (Wildman–Crippen MR) is 94.6 cm³/mol. The monoisotopic (exact) mass is 358 g/mol. The molecule has 1 atom stereocenters. The average Bonchev–Trinajstić information content (AvgIpc) is 2.95. The number of nitrogens with one attached hydrogen (secondary N) is 2. The molecule has 0 saturated carbocycles. The number of amides is 1. The van der Waals surface area contributed by atoms with Gasteiger partial charge in [-0.2, -0.15) is 0 Å². The van der Waals surface area contributed by atoms with Crippen LogP contribution >= 0.6 is 11.6 Å². The van der Waals surface area contributed by atoms with E-state index in [4.69, 9.17) is 17.3 Å². The summed E-state index contributed by atoms with van der Waals surface area (Å²) in [5.41, 5.74) is 7.89. The summed E-state index contributed by atoms with van der Waals surface area (Å²) in [5, 5.41) is 12.5. The van der Waals surface area contributed by atoms with Crippen molar-refractivity contribution in [2.75, 3.05) is 5.73 Å². The van der Waals surface area contributed by atoms with Gasteiger partial charge >= 0.3 is 5.97 Å². The number of hydrogen-bond acceptors (Lipinski definition) is 4. The number of benzene rings is 2. The number of H-pyrrole nitrogens is 1. The summed E-state index contributed by atoms with van der Waals surface area (Å²) in [5.74, 6) is -1.36. The lowest BCUT2D eigenvalue weighted by molar-refractivity contribution is -0.139. The maximum absolute atomic E-state index is 12.4. The van der Waals surface area contributed by atoms with Crippen molar-refractivity contribution in [1.29, 1.82) is 0 Å². The topological polar surface area (TPSA) is 121 Å². The Kier molecular flexibility index (Phi) is 4.58. The third-order valence-electron chi connectivity index (χ3n) is 3.72. The molecule has 8 heteroatoms. The number of aliphatic carboxylic acids is 1. The molecule has 0 unspecified atom stereocenters. The number of imidazole rings is 1. The molecule has 3 rings (SSSR count). The Labute approximate surface area is 147 Å². The molecule has 0 aliphatic rings. The number of hydrogen-bond donors (Lipinski definition) is 4. The molecule has 5 N–H and O–H groups in total. The zero-order chi connectivity index (χ0) is 18.0. The lowest BCUT2D eigenvalue weighted by Crippen LogP contribution is -2.42. The van der Waals surface area contributed by atoms with Crippen LogP contribution in [0.2, 0.25) is 5.02 Å². The number of rotatable bonds is 5. The third-order valence-corrected chi connectivity index (χ3v) is 3.97. The van der Waals surface area contributed by atoms with Gasteiger partial charge in [-0.15, -0.1) is 0 Å². The Balaban J connectivity index is 1.77. The van der Waals surface area contributed by atoms with E-state index < -0.39 is 17.9 Å². The van der Waals surface area contributed by atoms with Gasteiger partial charge in [0.15, 0.2) is 5.95 Å². The van der Waals surface area contributed by atoms with E-state index in [9.17, 15) is 14.7 Å². The molecule has 0 radical (unpaired) electrons. The second-order valence-electron chi connectivity index (χ2n) is 5.55. The Hall–Kier alpha value is -3.06. The minimum absolute atomic E-state index is 0.150. The van der Waals surface area contributed by atoms with Gasteiger partial charge in [-0.1, -0.05) is 23.7 Å². The molecule has 1 aromatic heterocycles. The molecule has 0 fully saturated rings. The molecule has 0 bridgehead atoms. The molecule has 25 heavy (non-hydrogen) atoms. The molecule has 128 valence electrons. The number of halogens is 1. The molecule has 0 spiro atoms. The number of carbonyl (C=O) groups excluding carboxylic acids is 1. The second-order valence-corrected chi connectivity index (χ2v) is 5.99. The Bertz CT molecular complexity index is 937. The van der Waals surface area contributed by atoms with E-state index in [2.05, 4.69) is 15.3 Å². The van der Waals surface area contributed by atoms with Crippen LogP contribution in [0.25, 0.3) is 11.0 Å². The lowest BCUT2D eigenvalue weighted by Gasteiger charge is -2.15. The van der Waals surface area contributed by atoms with Gasteiger partial charge in [0.2, 0.25) is 0 Å². The average molecular weight is 359 g/mol. The Morgan fingerprint density at radius 2 is 1.96 bits per heavy atom. The van der Waals surface area contributed by atoms with Crippen molar-refractivity contribution in [3.8, 4) is 0 Å². The number of nitrogens with zero attached hydrogens (tertiary/aromatic N) is 1. The van der Waals surface area contributed by atoms with Gasteiger partial charge < -0.3 is 21.1 Å². The van der Waals surface area contributed by atoms with Gasteiger partial charge in [-0.25, -0.2) is 9.78 Å². The van der Waals surface area contributed by atoms with Crippen LogP contribution in [0.4, 0.5) is 5.95 Å². The zero-order valence-corrected chi connectivity index (χ0v) is 13.7. The summed E-state index contributed by atoms with van der Waals surface area (Å²) >= 11 is 5.82. The fourth-order valence-electron chi connectivity index (χ4n) is 2.47. The molecular weight excluding hydrogens is 344 g/mol. The van der Waals surface area contributed by atoms with Crippen LogP contribution in [0.15, 0.2) is 42.5 Å². The molecule has 1 heterocycles. The van der Waals surface area contributed by atoms with E-state index in [1.54, 1.807) is 42.5 Å². The van der Waals surface area contributed by atoms with E-state index in [0.717, 1.165) is 5.56 Å². The normalized spacial score (nSPS) is 12.0. The number of carboxylic acid groups (broad SMARTS) is 1. The molecule has 0 saturated heterocycles. The largest absolute Gasteiger partial charge is 0.480 e. The van der Waals surface area contributed by atoms with Crippen LogP contribution < -0.4 is 11.1 Å². The number of nitrogen functional groups attached to an aromatic ring is 1. The van der Waals surface area contributed by atoms with Crippen molar-refractivity contribution in [3.05, 3.63) is 58.6 Å². The summed E-state index contributed by atoms with van der Waals surface area (Å²) in [6.45, 7) is 0. The van der Waals surface area contributed by atoms with Crippen molar-refractivity contribution in [2.24, 2.45) is 0 Å². The first kappa shape index (κ1) is 16.8. The standard InChI is InChI=1S/C17H15ClN4O3/c18-11-4-1-9(2-5-11)7-14(16(24)25)20-15(23)10-3-6-12-13(8-10)22-17(19)21-12/h1-6,8,14H,7H2,(H,20,23)(H,24,25)(H3,19,21,22)/t14-/m0/s1. The van der Waals surface area contributed by atoms with E-state index in [1.807, 2.05) is 0 Å². The summed E-state index contributed by atoms with van der Waals surface area (Å²) in [6.07, 6.45) is 0.150. The van der Waals surface area contributed by atoms with Crippen LogP contribution in [0.5, 0.6) is 0 Å². The van der Waals surface area contributed by atoms with Gasteiger partial charge in [0.05, 0.1) is 11.0 Å². The summed E-state index contributed by atoms with van der Waals surface area (Å²) in [6, 6.07) is 10.5. The highest BCUT2D eigenvalue weighted by molar-refractivity contribution is 6.30. The second kappa shape index (κ2) is 6.82. The van der Waals surface area contributed by atoms with E-state index in [1.165, 1.54) is 0 Å². The molecule has 1 amide bonds. The summed E-state index contributed by atoms with van der Waals surface area (Å²) < 4.78 is 0. The van der Waals surface area contributed by atoms with E-state index in [0.29, 0.717) is 21.6 Å². The first-order valence-corrected chi connectivity index (χ1v) is 7.83. The smallest absolute Gasteiger partial charge is 0.326 e.